The number of nitrogens with one attached hydrogen (secondary N) is 1. The van der Waals surface area contributed by atoms with Gasteiger partial charge in [0.2, 0.25) is 11.7 Å². The number of carbonyl (C=O) groups excluding carboxylic acids is 3. The second kappa shape index (κ2) is 15.5. The van der Waals surface area contributed by atoms with Crippen molar-refractivity contribution in [2.45, 2.75) is 46.5 Å². The number of morpholine rings is 1. The number of carbonyl (C=O) groups is 3. The van der Waals surface area contributed by atoms with Crippen LogP contribution in [0.1, 0.15) is 43.2 Å². The number of ether oxygens (including phenoxy) is 2. The molecule has 2 aliphatic rings. The van der Waals surface area contributed by atoms with Gasteiger partial charge < -0.3 is 14.8 Å². The summed E-state index contributed by atoms with van der Waals surface area (Å²) in [6.07, 6.45) is -3.81. The van der Waals surface area contributed by atoms with Gasteiger partial charge in [-0.1, -0.05) is 26.8 Å². The maximum atomic E-state index is 15.5. The highest BCUT2D eigenvalue weighted by Gasteiger charge is 2.52. The van der Waals surface area contributed by atoms with Gasteiger partial charge in [0.15, 0.2) is 23.3 Å². The molecule has 1 unspecified atom stereocenters. The van der Waals surface area contributed by atoms with E-state index in [9.17, 15) is 32.8 Å². The first kappa shape index (κ1) is 39.2. The summed E-state index contributed by atoms with van der Waals surface area (Å²) in [6, 6.07) is 5.57. The van der Waals surface area contributed by atoms with Gasteiger partial charge in [-0.05, 0) is 36.6 Å². The smallest absolute Gasteiger partial charge is 0.416 e. The van der Waals surface area contributed by atoms with Gasteiger partial charge in [0.05, 0.1) is 42.7 Å². The van der Waals surface area contributed by atoms with Crippen molar-refractivity contribution in [3.05, 3.63) is 70.7 Å². The summed E-state index contributed by atoms with van der Waals surface area (Å²) in [4.78, 5) is 51.9. The number of ketones is 1. The van der Waals surface area contributed by atoms with Gasteiger partial charge in [-0.25, -0.2) is 19.4 Å². The molecule has 0 spiro atoms. The highest BCUT2D eigenvalue weighted by molar-refractivity contribution is 6.24. The minimum Gasteiger partial charge on any atom is -0.489 e. The molecule has 0 bridgehead atoms. The summed E-state index contributed by atoms with van der Waals surface area (Å²) < 4.78 is 83.0. The van der Waals surface area contributed by atoms with Crippen LogP contribution in [0.15, 0.2) is 36.7 Å². The van der Waals surface area contributed by atoms with Crippen LogP contribution in [0.25, 0.3) is 11.3 Å². The summed E-state index contributed by atoms with van der Waals surface area (Å²) >= 11 is 0. The van der Waals surface area contributed by atoms with E-state index in [0.29, 0.717) is 38.9 Å². The minimum atomic E-state index is -4.79. The molecule has 2 atom stereocenters. The molecule has 2 saturated heterocycles. The van der Waals surface area contributed by atoms with E-state index in [0.717, 1.165) is 23.5 Å². The van der Waals surface area contributed by atoms with E-state index < -0.39 is 64.9 Å². The zero-order chi connectivity index (χ0) is 38.8. The Morgan fingerprint density at radius 1 is 1.08 bits per heavy atom. The molecule has 53 heavy (non-hydrogen) atoms. The molecular weight excluding hydrogens is 705 g/mol. The number of nitriles is 1. The summed E-state index contributed by atoms with van der Waals surface area (Å²) in [5.74, 6) is -7.97. The van der Waals surface area contributed by atoms with Crippen molar-refractivity contribution in [1.82, 2.24) is 24.9 Å². The molecule has 3 aromatic rings. The largest absolute Gasteiger partial charge is 0.489 e. The van der Waals surface area contributed by atoms with Crippen LogP contribution in [0.2, 0.25) is 0 Å². The molecule has 2 amide bonds. The molecule has 1 N–H and O–H groups in total. The number of Topliss-reactive ketones (excluding diaryl/α,β-unsaturated/α-hetero) is 1. The third-order valence-corrected chi connectivity index (χ3v) is 9.16. The van der Waals surface area contributed by atoms with Gasteiger partial charge in [-0.2, -0.15) is 22.8 Å². The van der Waals surface area contributed by atoms with Crippen LogP contribution in [-0.2, 0) is 31.8 Å². The van der Waals surface area contributed by atoms with Crippen molar-refractivity contribution in [3.63, 3.8) is 0 Å². The number of hydrogen-bond acceptors (Lipinski definition) is 10. The molecule has 0 radical (unpaired) electrons. The summed E-state index contributed by atoms with van der Waals surface area (Å²) in [7, 11) is 1.41. The number of aromatic nitrogens is 2. The number of amides is 2. The Labute approximate surface area is 302 Å². The number of anilines is 1. The highest BCUT2D eigenvalue weighted by Crippen LogP contribution is 2.38. The van der Waals surface area contributed by atoms with Gasteiger partial charge >= 0.3 is 6.18 Å². The maximum Gasteiger partial charge on any atom is 0.416 e. The average molecular weight is 744 g/mol. The van der Waals surface area contributed by atoms with Crippen LogP contribution >= 0.6 is 0 Å². The molecule has 17 heteroatoms. The number of benzene rings is 2. The number of hydrogen-bond donors (Lipinski definition) is 1. The molecule has 5 rings (SSSR count). The van der Waals surface area contributed by atoms with Gasteiger partial charge in [-0.3, -0.25) is 24.3 Å². The van der Waals surface area contributed by atoms with Crippen molar-refractivity contribution >= 4 is 23.3 Å². The molecule has 282 valence electrons. The second-order valence-corrected chi connectivity index (χ2v) is 13.8. The fraction of sp³-hybridized carbons (Fsp3) is 0.444. The molecule has 2 aromatic carbocycles. The Balaban J connectivity index is 1.45. The molecule has 2 fully saturated rings. The van der Waals surface area contributed by atoms with Crippen LogP contribution in [0.5, 0.6) is 5.75 Å². The lowest BCUT2D eigenvalue weighted by atomic mass is 9.78. The lowest BCUT2D eigenvalue weighted by molar-refractivity contribution is -0.180. The molecule has 12 nitrogen and oxygen atoms in total. The quantitative estimate of drug-likeness (QED) is 0.241. The van der Waals surface area contributed by atoms with Crippen LogP contribution in [0.3, 0.4) is 0 Å². The van der Waals surface area contributed by atoms with E-state index >= 15 is 8.78 Å². The van der Waals surface area contributed by atoms with Crippen LogP contribution in [-0.4, -0.2) is 95.0 Å². The standard InChI is InChI=1S/C36H38F5N7O5/c1-20-25(17-42)43-19-44-30(20)23-16-22(36(39,40)41)7-8-24(23)45-33(50)27-31(49)32(35(2,3)4)46(5)48(34(27)51)18-21-6-9-26(29(38)28(21)37)53-15-12-47-10-13-52-14-11-47/h6-9,16,19,27,32H,10-15,18H2,1-5H3,(H,45,50)/t27?,32-/m1/s1. The van der Waals surface area contributed by atoms with Crippen LogP contribution in [0, 0.1) is 41.2 Å². The molecular formula is C36H38F5N7O5. The number of hydrazine groups is 1. The van der Waals surface area contributed by atoms with E-state index in [-0.39, 0.29) is 46.1 Å². The van der Waals surface area contributed by atoms with Crippen molar-refractivity contribution in [1.29, 1.82) is 5.26 Å². The van der Waals surface area contributed by atoms with Gasteiger partial charge in [-0.15, -0.1) is 0 Å². The number of alkyl halides is 3. The van der Waals surface area contributed by atoms with Crippen LogP contribution < -0.4 is 10.1 Å². The van der Waals surface area contributed by atoms with Crippen molar-refractivity contribution in [2.24, 2.45) is 11.3 Å². The van der Waals surface area contributed by atoms with Gasteiger partial charge in [0.1, 0.15) is 24.7 Å². The summed E-state index contributed by atoms with van der Waals surface area (Å²) in [5, 5.41) is 14.1. The number of likely N-dealkylation sites (N-methyl/N-ethyl adjacent to an activating group) is 1. The Morgan fingerprint density at radius 2 is 1.77 bits per heavy atom. The Morgan fingerprint density at radius 3 is 2.42 bits per heavy atom. The van der Waals surface area contributed by atoms with Gasteiger partial charge in [0, 0.05) is 43.4 Å². The predicted molar refractivity (Wildman–Crippen MR) is 180 cm³/mol. The second-order valence-electron chi connectivity index (χ2n) is 13.8. The maximum absolute atomic E-state index is 15.5. The predicted octanol–water partition coefficient (Wildman–Crippen LogP) is 4.76. The fourth-order valence-corrected chi connectivity index (χ4v) is 6.47. The zero-order valence-electron chi connectivity index (χ0n) is 29.7. The fourth-order valence-electron chi connectivity index (χ4n) is 6.47. The van der Waals surface area contributed by atoms with Crippen molar-refractivity contribution in [2.75, 3.05) is 51.8 Å². The lowest BCUT2D eigenvalue weighted by Gasteiger charge is -2.48. The van der Waals surface area contributed by atoms with Crippen molar-refractivity contribution < 1.29 is 45.8 Å². The topological polar surface area (TPSA) is 141 Å². The summed E-state index contributed by atoms with van der Waals surface area (Å²) in [5.41, 5.74) is -2.81. The van der Waals surface area contributed by atoms with E-state index in [2.05, 4.69) is 20.2 Å². The first-order valence-electron chi connectivity index (χ1n) is 16.7. The molecule has 2 aliphatic heterocycles. The minimum absolute atomic E-state index is 0.0894. The highest BCUT2D eigenvalue weighted by atomic mass is 19.4. The Bertz CT molecular complexity index is 1940. The molecule has 3 heterocycles. The number of nitrogens with zero attached hydrogens (tertiary/aromatic N) is 6. The Hall–Kier alpha value is -5.05. The number of halogens is 5. The van der Waals surface area contributed by atoms with E-state index in [1.54, 1.807) is 20.8 Å². The Kier molecular flexibility index (Phi) is 11.5. The first-order chi connectivity index (χ1) is 24.9. The third kappa shape index (κ3) is 8.29. The molecule has 0 saturated carbocycles. The normalized spacial score (nSPS) is 18.9. The monoisotopic (exact) mass is 743 g/mol. The SMILES string of the molecule is Cc1c(C#N)ncnc1-c1cc(C(F)(F)F)ccc1NC(=O)C1C(=O)[C@H](C(C)(C)C)N(C)N(Cc2ccc(OCCN3CCOCC3)c(F)c2F)C1=O. The van der Waals surface area contributed by atoms with Gasteiger partial charge in [0.25, 0.3) is 5.91 Å². The van der Waals surface area contributed by atoms with Crippen molar-refractivity contribution in [3.8, 4) is 23.1 Å². The average Bonchev–Trinajstić information content (AvgIpc) is 3.09. The molecule has 0 aliphatic carbocycles. The van der Waals surface area contributed by atoms with Crippen LogP contribution in [0.4, 0.5) is 27.6 Å². The summed E-state index contributed by atoms with van der Waals surface area (Å²) in [6.45, 7) is 8.98. The lowest BCUT2D eigenvalue weighted by Crippen LogP contribution is -2.66. The van der Waals surface area contributed by atoms with E-state index in [1.165, 1.54) is 31.1 Å². The first-order valence-corrected chi connectivity index (χ1v) is 16.7. The third-order valence-electron chi connectivity index (χ3n) is 9.16. The molecule has 1 aromatic heterocycles. The van der Waals surface area contributed by atoms with E-state index in [4.69, 9.17) is 9.47 Å². The van der Waals surface area contributed by atoms with E-state index in [1.807, 2.05) is 6.07 Å². The number of rotatable bonds is 9. The zero-order valence-corrected chi connectivity index (χ0v) is 29.7.